The summed E-state index contributed by atoms with van der Waals surface area (Å²) in [5.41, 5.74) is 1.69. The Balaban J connectivity index is 2.19. The third-order valence-corrected chi connectivity index (χ3v) is 3.20. The van der Waals surface area contributed by atoms with Gasteiger partial charge in [-0.3, -0.25) is 0 Å². The Morgan fingerprint density at radius 3 is 3.11 bits per heavy atom. The Kier molecular flexibility index (Phi) is 4.27. The topological polar surface area (TPSA) is 67.8 Å². The van der Waals surface area contributed by atoms with E-state index in [-0.39, 0.29) is 0 Å². The first kappa shape index (κ1) is 13.7. The number of carbonyl (C=O) groups is 1. The van der Waals surface area contributed by atoms with Gasteiger partial charge in [-0.25, -0.2) is 4.79 Å². The molecule has 0 saturated carbocycles. The van der Waals surface area contributed by atoms with Crippen LogP contribution in [0, 0.1) is 6.92 Å². The van der Waals surface area contributed by atoms with E-state index in [1.165, 1.54) is 0 Å². The zero-order chi connectivity index (χ0) is 13.8. The number of aliphatic hydroxyl groups excluding tert-OH is 1. The van der Waals surface area contributed by atoms with Crippen LogP contribution < -0.4 is 10.1 Å². The number of para-hydroxylation sites is 1. The Labute approximate surface area is 112 Å². The average molecular weight is 265 g/mol. The molecule has 2 N–H and O–H groups in total. The normalized spacial score (nSPS) is 21.8. The van der Waals surface area contributed by atoms with E-state index in [9.17, 15) is 9.90 Å². The van der Waals surface area contributed by atoms with Gasteiger partial charge >= 0.3 is 6.09 Å². The van der Waals surface area contributed by atoms with E-state index >= 15 is 0 Å². The van der Waals surface area contributed by atoms with Crippen molar-refractivity contribution in [2.45, 2.75) is 32.4 Å². The Hall–Kier alpha value is -1.75. The Bertz CT molecular complexity index is 461. The van der Waals surface area contributed by atoms with Crippen molar-refractivity contribution in [2.24, 2.45) is 0 Å². The zero-order valence-corrected chi connectivity index (χ0v) is 11.2. The third-order valence-electron chi connectivity index (χ3n) is 3.20. The second-order valence-electron chi connectivity index (χ2n) is 4.55. The molecule has 1 amide bonds. The van der Waals surface area contributed by atoms with Crippen LogP contribution in [-0.2, 0) is 4.74 Å². The number of alkyl carbamates (subject to hydrolysis) is 1. The smallest absolute Gasteiger partial charge is 0.407 e. The van der Waals surface area contributed by atoms with Crippen LogP contribution in [0.5, 0.6) is 5.75 Å². The maximum atomic E-state index is 11.5. The lowest BCUT2D eigenvalue weighted by atomic mass is 9.98. The second kappa shape index (κ2) is 5.93. The molecule has 2 atom stereocenters. The summed E-state index contributed by atoms with van der Waals surface area (Å²) < 4.78 is 10.5. The van der Waals surface area contributed by atoms with Gasteiger partial charge in [-0.15, -0.1) is 0 Å². The summed E-state index contributed by atoms with van der Waals surface area (Å²) in [6.45, 7) is 4.43. The van der Waals surface area contributed by atoms with Crippen molar-refractivity contribution in [3.8, 4) is 5.75 Å². The van der Waals surface area contributed by atoms with Crippen LogP contribution in [0.15, 0.2) is 18.2 Å². The number of amides is 1. The molecule has 0 aliphatic carbocycles. The van der Waals surface area contributed by atoms with Crippen molar-refractivity contribution in [3.63, 3.8) is 0 Å². The molecule has 5 nitrogen and oxygen atoms in total. The van der Waals surface area contributed by atoms with E-state index in [1.807, 2.05) is 25.1 Å². The van der Waals surface area contributed by atoms with Gasteiger partial charge in [-0.05, 0) is 19.4 Å². The highest BCUT2D eigenvalue weighted by atomic mass is 16.5. The average Bonchev–Trinajstić information content (AvgIpc) is 2.53. The molecule has 1 aromatic carbocycles. The van der Waals surface area contributed by atoms with Crippen LogP contribution in [-0.4, -0.2) is 30.5 Å². The lowest BCUT2D eigenvalue weighted by Gasteiger charge is -2.21. The van der Waals surface area contributed by atoms with Crippen LogP contribution in [0.3, 0.4) is 0 Å². The molecule has 2 unspecified atom stereocenters. The van der Waals surface area contributed by atoms with Gasteiger partial charge in [0.2, 0.25) is 0 Å². The number of benzene rings is 1. The van der Waals surface area contributed by atoms with Crippen LogP contribution in [0.4, 0.5) is 4.79 Å². The van der Waals surface area contributed by atoms with Crippen molar-refractivity contribution < 1.29 is 19.4 Å². The Morgan fingerprint density at radius 1 is 1.58 bits per heavy atom. The molecule has 0 fully saturated rings. The Morgan fingerprint density at radius 2 is 2.37 bits per heavy atom. The van der Waals surface area contributed by atoms with Gasteiger partial charge in [0.1, 0.15) is 11.9 Å². The zero-order valence-electron chi connectivity index (χ0n) is 11.2. The van der Waals surface area contributed by atoms with Gasteiger partial charge in [0.05, 0.1) is 19.3 Å². The van der Waals surface area contributed by atoms with Crippen molar-refractivity contribution >= 4 is 6.09 Å². The molecule has 5 heteroatoms. The first-order valence-electron chi connectivity index (χ1n) is 6.47. The predicted molar refractivity (Wildman–Crippen MR) is 70.2 cm³/mol. The monoisotopic (exact) mass is 265 g/mol. The van der Waals surface area contributed by atoms with Crippen molar-refractivity contribution in [2.75, 3.05) is 13.2 Å². The molecule has 1 aliphatic heterocycles. The van der Waals surface area contributed by atoms with Crippen LogP contribution in [0.1, 0.15) is 30.6 Å². The molecule has 0 aromatic heterocycles. The number of aryl methyl sites for hydroxylation is 1. The van der Waals surface area contributed by atoms with Gasteiger partial charge in [0.25, 0.3) is 0 Å². The van der Waals surface area contributed by atoms with Gasteiger partial charge in [-0.1, -0.05) is 18.2 Å². The lowest BCUT2D eigenvalue weighted by molar-refractivity contribution is 0.105. The molecule has 104 valence electrons. The summed E-state index contributed by atoms with van der Waals surface area (Å²) in [6, 6.07) is 5.22. The van der Waals surface area contributed by atoms with Gasteiger partial charge in [0.15, 0.2) is 0 Å². The number of carbonyl (C=O) groups excluding carboxylic acids is 1. The molecule has 1 aliphatic rings. The van der Waals surface area contributed by atoms with E-state index < -0.39 is 18.2 Å². The third kappa shape index (κ3) is 2.98. The summed E-state index contributed by atoms with van der Waals surface area (Å²) in [6.07, 6.45) is -0.766. The number of fused-ring (bicyclic) bond motifs is 1. The number of hydrogen-bond acceptors (Lipinski definition) is 4. The first-order chi connectivity index (χ1) is 9.13. The lowest BCUT2D eigenvalue weighted by Crippen LogP contribution is -2.39. The summed E-state index contributed by atoms with van der Waals surface area (Å²) in [5, 5.41) is 13.1. The number of hydrogen-bond donors (Lipinski definition) is 2. The van der Waals surface area contributed by atoms with Crippen molar-refractivity contribution in [3.05, 3.63) is 29.3 Å². The van der Waals surface area contributed by atoms with Gasteiger partial charge < -0.3 is 19.9 Å². The number of ether oxygens (including phenoxy) is 2. The summed E-state index contributed by atoms with van der Waals surface area (Å²) >= 11 is 0. The molecule has 19 heavy (non-hydrogen) atoms. The highest BCUT2D eigenvalue weighted by molar-refractivity contribution is 5.67. The van der Waals surface area contributed by atoms with E-state index in [0.717, 1.165) is 5.56 Å². The molecule has 2 rings (SSSR count). The van der Waals surface area contributed by atoms with E-state index in [0.29, 0.717) is 30.9 Å². The predicted octanol–water partition coefficient (Wildman–Crippen LogP) is 1.93. The molecular weight excluding hydrogens is 246 g/mol. The van der Waals surface area contributed by atoms with Crippen molar-refractivity contribution in [1.29, 1.82) is 0 Å². The molecule has 0 bridgehead atoms. The van der Waals surface area contributed by atoms with Crippen LogP contribution in [0.25, 0.3) is 0 Å². The number of nitrogens with one attached hydrogen (secondary N) is 1. The molecule has 1 heterocycles. The summed E-state index contributed by atoms with van der Waals surface area (Å²) in [4.78, 5) is 11.5. The maximum absolute atomic E-state index is 11.5. The first-order valence-corrected chi connectivity index (χ1v) is 6.47. The van der Waals surface area contributed by atoms with Crippen LogP contribution in [0.2, 0.25) is 0 Å². The SMILES string of the molecule is CCOC(=O)NC1CCOc2c(C)cccc2C1O. The van der Waals surface area contributed by atoms with E-state index in [1.54, 1.807) is 6.92 Å². The quantitative estimate of drug-likeness (QED) is 0.857. The maximum Gasteiger partial charge on any atom is 0.407 e. The minimum atomic E-state index is -0.790. The fraction of sp³-hybridized carbons (Fsp3) is 0.500. The summed E-state index contributed by atoms with van der Waals surface area (Å²) in [5.74, 6) is 0.711. The highest BCUT2D eigenvalue weighted by Gasteiger charge is 2.29. The largest absolute Gasteiger partial charge is 0.493 e. The van der Waals surface area contributed by atoms with Crippen molar-refractivity contribution in [1.82, 2.24) is 5.32 Å². The minimum Gasteiger partial charge on any atom is -0.493 e. The van der Waals surface area contributed by atoms with Gasteiger partial charge in [0, 0.05) is 12.0 Å². The minimum absolute atomic E-state index is 0.306. The fourth-order valence-electron chi connectivity index (χ4n) is 2.24. The standard InChI is InChI=1S/C14H19NO4/c1-3-18-14(17)15-11-7-8-19-13-9(2)5-4-6-10(13)12(11)16/h4-6,11-12,16H,3,7-8H2,1-2H3,(H,15,17). The van der Waals surface area contributed by atoms with E-state index in [4.69, 9.17) is 9.47 Å². The fourth-order valence-corrected chi connectivity index (χ4v) is 2.24. The number of aliphatic hydroxyl groups is 1. The summed E-state index contributed by atoms with van der Waals surface area (Å²) in [7, 11) is 0. The molecule has 1 aromatic rings. The molecular formula is C14H19NO4. The van der Waals surface area contributed by atoms with E-state index in [2.05, 4.69) is 5.32 Å². The molecule has 0 saturated heterocycles. The molecule has 0 radical (unpaired) electrons. The number of rotatable bonds is 2. The van der Waals surface area contributed by atoms with Gasteiger partial charge in [-0.2, -0.15) is 0 Å². The highest BCUT2D eigenvalue weighted by Crippen LogP contribution is 2.34. The molecule has 0 spiro atoms. The van der Waals surface area contributed by atoms with Crippen LogP contribution >= 0.6 is 0 Å². The second-order valence-corrected chi connectivity index (χ2v) is 4.55.